The highest BCUT2D eigenvalue weighted by atomic mass is 32.2. The fraction of sp³-hybridized carbons (Fsp3) is 0.409. The van der Waals surface area contributed by atoms with E-state index in [1.165, 1.54) is 12.1 Å². The topological polar surface area (TPSA) is 106 Å². The second kappa shape index (κ2) is 8.11. The van der Waals surface area contributed by atoms with E-state index < -0.39 is 21.4 Å². The Morgan fingerprint density at radius 3 is 2.71 bits per heavy atom. The van der Waals surface area contributed by atoms with Crippen molar-refractivity contribution in [3.8, 4) is 17.0 Å². The summed E-state index contributed by atoms with van der Waals surface area (Å²) in [5.41, 5.74) is -2.94. The number of halogens is 3. The van der Waals surface area contributed by atoms with Gasteiger partial charge in [0.1, 0.15) is 5.75 Å². The quantitative estimate of drug-likeness (QED) is 0.427. The first-order valence-corrected chi connectivity index (χ1v) is 12.4. The van der Waals surface area contributed by atoms with Crippen LogP contribution in [0.4, 0.5) is 18.0 Å². The van der Waals surface area contributed by atoms with Gasteiger partial charge in [0.2, 0.25) is 0 Å². The van der Waals surface area contributed by atoms with E-state index in [4.69, 9.17) is 0 Å². The molecule has 1 aromatic carbocycles. The Balaban J connectivity index is 1.43. The second-order valence-electron chi connectivity index (χ2n) is 8.74. The molecule has 0 aliphatic carbocycles. The third-order valence-corrected chi connectivity index (χ3v) is 7.51. The van der Waals surface area contributed by atoms with E-state index in [9.17, 15) is 26.4 Å². The summed E-state index contributed by atoms with van der Waals surface area (Å²) in [6.45, 7) is 4.42. The third-order valence-electron chi connectivity index (χ3n) is 6.53. The van der Waals surface area contributed by atoms with Gasteiger partial charge in [-0.25, -0.2) is 4.79 Å². The molecule has 1 atom stereocenters. The minimum Gasteiger partial charge on any atom is -0.376 e. The smallest absolute Gasteiger partial charge is 0.376 e. The van der Waals surface area contributed by atoms with Gasteiger partial charge in [0, 0.05) is 54.4 Å². The lowest BCUT2D eigenvalue weighted by atomic mass is 9.82. The Morgan fingerprint density at radius 1 is 1.20 bits per heavy atom. The van der Waals surface area contributed by atoms with E-state index in [1.807, 2.05) is 22.6 Å². The largest absolute Gasteiger partial charge is 0.534 e. The maximum absolute atomic E-state index is 12.7. The van der Waals surface area contributed by atoms with Gasteiger partial charge in [-0.2, -0.15) is 26.7 Å². The van der Waals surface area contributed by atoms with Crippen molar-refractivity contribution in [2.45, 2.75) is 37.2 Å². The molecule has 9 nitrogen and oxygen atoms in total. The first-order valence-electron chi connectivity index (χ1n) is 11.0. The highest BCUT2D eigenvalue weighted by molar-refractivity contribution is 7.88. The SMILES string of the molecule is CCNC(=O)N1CCC2(CCn3nc(-c4cnc5ccc(OS(=O)(=O)C(F)(F)F)cc5c4)cc32)C1. The zero-order chi connectivity index (χ0) is 25.0. The molecule has 4 heterocycles. The normalized spacial score (nSPS) is 19.9. The average molecular weight is 510 g/mol. The van der Waals surface area contributed by atoms with Crippen molar-refractivity contribution in [2.24, 2.45) is 0 Å². The van der Waals surface area contributed by atoms with E-state index in [2.05, 4.69) is 19.6 Å². The number of nitrogens with one attached hydrogen (secondary N) is 1. The minimum atomic E-state index is -5.78. The standard InChI is InChI=1S/C22H22F3N5O4S/c1-2-26-20(31)29-7-5-21(13-29)6-8-30-19(21)11-18(28-30)15-9-14-10-16(3-4-17(14)27-12-15)34-35(32,33)22(23,24)25/h3-4,9-12H,2,5-8,13H2,1H3,(H,26,31). The molecule has 186 valence electrons. The predicted molar refractivity (Wildman–Crippen MR) is 120 cm³/mol. The number of hydrogen-bond acceptors (Lipinski definition) is 6. The molecular formula is C22H22F3N5O4S. The average Bonchev–Trinajstić information content (AvgIpc) is 3.49. The summed E-state index contributed by atoms with van der Waals surface area (Å²) in [6, 6.07) is 7.26. The number of aromatic nitrogens is 3. The van der Waals surface area contributed by atoms with Crippen LogP contribution in [0.5, 0.6) is 5.75 Å². The number of amides is 2. The fourth-order valence-electron chi connectivity index (χ4n) is 4.80. The lowest BCUT2D eigenvalue weighted by Gasteiger charge is -2.23. The van der Waals surface area contributed by atoms with Gasteiger partial charge < -0.3 is 14.4 Å². The molecule has 2 aliphatic heterocycles. The van der Waals surface area contributed by atoms with Crippen LogP contribution in [0.25, 0.3) is 22.2 Å². The highest BCUT2D eigenvalue weighted by Crippen LogP contribution is 2.44. The number of likely N-dealkylation sites (tertiary alicyclic amines) is 1. The molecule has 35 heavy (non-hydrogen) atoms. The van der Waals surface area contributed by atoms with Crippen LogP contribution < -0.4 is 9.50 Å². The van der Waals surface area contributed by atoms with Crippen molar-refractivity contribution in [3.05, 3.63) is 42.2 Å². The number of rotatable bonds is 4. The summed E-state index contributed by atoms with van der Waals surface area (Å²) in [6.07, 6.45) is 3.32. The lowest BCUT2D eigenvalue weighted by Crippen LogP contribution is -2.40. The van der Waals surface area contributed by atoms with E-state index in [1.54, 1.807) is 12.3 Å². The van der Waals surface area contributed by atoms with Crippen LogP contribution in [0, 0.1) is 0 Å². The van der Waals surface area contributed by atoms with Gasteiger partial charge in [-0.05, 0) is 50.1 Å². The first-order chi connectivity index (χ1) is 16.5. The molecule has 1 unspecified atom stereocenters. The zero-order valence-electron chi connectivity index (χ0n) is 18.7. The molecule has 1 fully saturated rings. The number of aryl methyl sites for hydroxylation is 1. The van der Waals surface area contributed by atoms with E-state index >= 15 is 0 Å². The summed E-state index contributed by atoms with van der Waals surface area (Å²) in [5.74, 6) is -0.462. The maximum atomic E-state index is 12.7. The van der Waals surface area contributed by atoms with Gasteiger partial charge >= 0.3 is 21.7 Å². The number of carbonyl (C=O) groups excluding carboxylic acids is 1. The van der Waals surface area contributed by atoms with Gasteiger partial charge in [0.05, 0.1) is 11.2 Å². The molecule has 2 aromatic heterocycles. The van der Waals surface area contributed by atoms with Gasteiger partial charge in [0.25, 0.3) is 0 Å². The molecule has 5 rings (SSSR count). The van der Waals surface area contributed by atoms with Crippen molar-refractivity contribution >= 4 is 27.1 Å². The van der Waals surface area contributed by atoms with Gasteiger partial charge in [-0.15, -0.1) is 0 Å². The second-order valence-corrected chi connectivity index (χ2v) is 10.3. The Labute approximate surface area is 199 Å². The number of hydrogen-bond donors (Lipinski definition) is 1. The van der Waals surface area contributed by atoms with Crippen molar-refractivity contribution in [1.29, 1.82) is 0 Å². The minimum absolute atomic E-state index is 0.0770. The Hall–Kier alpha value is -3.35. The molecule has 13 heteroatoms. The summed E-state index contributed by atoms with van der Waals surface area (Å²) < 4.78 is 66.9. The van der Waals surface area contributed by atoms with Crippen molar-refractivity contribution in [1.82, 2.24) is 25.0 Å². The zero-order valence-corrected chi connectivity index (χ0v) is 19.5. The van der Waals surface area contributed by atoms with Crippen LogP contribution in [-0.2, 0) is 22.1 Å². The molecule has 0 saturated carbocycles. The molecule has 0 bridgehead atoms. The van der Waals surface area contributed by atoms with Gasteiger partial charge in [-0.3, -0.25) is 9.67 Å². The number of nitrogens with zero attached hydrogens (tertiary/aromatic N) is 4. The van der Waals surface area contributed by atoms with E-state index in [0.29, 0.717) is 48.3 Å². The summed E-state index contributed by atoms with van der Waals surface area (Å²) in [5, 5.41) is 7.93. The van der Waals surface area contributed by atoms with Gasteiger partial charge in [-0.1, -0.05) is 0 Å². The first kappa shape index (κ1) is 23.4. The summed E-state index contributed by atoms with van der Waals surface area (Å²) in [4.78, 5) is 18.4. The molecule has 0 radical (unpaired) electrons. The van der Waals surface area contributed by atoms with Crippen LogP contribution >= 0.6 is 0 Å². The monoisotopic (exact) mass is 509 g/mol. The summed E-state index contributed by atoms with van der Waals surface area (Å²) >= 11 is 0. The van der Waals surface area contributed by atoms with Crippen LogP contribution in [-0.4, -0.2) is 59.3 Å². The molecule has 2 amide bonds. The number of carbonyl (C=O) groups is 1. The van der Waals surface area contributed by atoms with Gasteiger partial charge in [0.15, 0.2) is 0 Å². The predicted octanol–water partition coefficient (Wildman–Crippen LogP) is 3.40. The van der Waals surface area contributed by atoms with Crippen LogP contribution in [0.3, 0.4) is 0 Å². The molecular weight excluding hydrogens is 487 g/mol. The van der Waals surface area contributed by atoms with Crippen molar-refractivity contribution < 1.29 is 30.6 Å². The molecule has 3 aromatic rings. The van der Waals surface area contributed by atoms with Crippen molar-refractivity contribution in [2.75, 3.05) is 19.6 Å². The summed E-state index contributed by atoms with van der Waals surface area (Å²) in [7, 11) is -5.78. The van der Waals surface area contributed by atoms with Crippen LogP contribution in [0.2, 0.25) is 0 Å². The highest BCUT2D eigenvalue weighted by Gasteiger charge is 2.49. The number of benzene rings is 1. The molecule has 1 saturated heterocycles. The number of urea groups is 1. The van der Waals surface area contributed by atoms with Crippen LogP contribution in [0.15, 0.2) is 36.5 Å². The number of alkyl halides is 3. The molecule has 1 N–H and O–H groups in total. The Bertz CT molecular complexity index is 1420. The van der Waals surface area contributed by atoms with E-state index in [0.717, 1.165) is 24.6 Å². The Kier molecular flexibility index (Phi) is 5.42. The number of fused-ring (bicyclic) bond motifs is 3. The fourth-order valence-corrected chi connectivity index (χ4v) is 5.25. The number of pyridine rings is 1. The lowest BCUT2D eigenvalue weighted by molar-refractivity contribution is -0.0500. The molecule has 2 aliphatic rings. The Morgan fingerprint density at radius 2 is 1.97 bits per heavy atom. The van der Waals surface area contributed by atoms with Crippen molar-refractivity contribution in [3.63, 3.8) is 0 Å². The molecule has 1 spiro atoms. The van der Waals surface area contributed by atoms with E-state index in [-0.39, 0.29) is 11.4 Å². The van der Waals surface area contributed by atoms with Crippen LogP contribution in [0.1, 0.15) is 25.5 Å². The maximum Gasteiger partial charge on any atom is 0.534 e. The third kappa shape index (κ3) is 4.07.